The topological polar surface area (TPSA) is 69.9 Å². The Morgan fingerprint density at radius 2 is 2.17 bits per heavy atom. The second-order valence-electron chi connectivity index (χ2n) is 7.19. The summed E-state index contributed by atoms with van der Waals surface area (Å²) < 4.78 is 22.5. The van der Waals surface area contributed by atoms with E-state index in [1.54, 1.807) is 7.11 Å². The van der Waals surface area contributed by atoms with Gasteiger partial charge in [-0.3, -0.25) is 4.90 Å². The van der Waals surface area contributed by atoms with Gasteiger partial charge in [-0.15, -0.1) is 0 Å². The third-order valence-corrected chi connectivity index (χ3v) is 4.29. The van der Waals surface area contributed by atoms with Crippen LogP contribution in [0.15, 0.2) is 4.52 Å². The van der Waals surface area contributed by atoms with Crippen molar-refractivity contribution < 1.29 is 18.7 Å². The Labute approximate surface area is 137 Å². The lowest BCUT2D eigenvalue weighted by Crippen LogP contribution is -2.62. The number of morpholine rings is 1. The lowest BCUT2D eigenvalue weighted by atomic mass is 9.90. The molecule has 3 heterocycles. The van der Waals surface area contributed by atoms with Gasteiger partial charge in [0.25, 0.3) is 0 Å². The van der Waals surface area contributed by atoms with Crippen LogP contribution >= 0.6 is 0 Å². The van der Waals surface area contributed by atoms with Gasteiger partial charge in [0, 0.05) is 33.2 Å². The predicted molar refractivity (Wildman–Crippen MR) is 83.1 cm³/mol. The van der Waals surface area contributed by atoms with Crippen molar-refractivity contribution in [3.8, 4) is 0 Å². The maximum atomic E-state index is 6.38. The van der Waals surface area contributed by atoms with E-state index in [2.05, 4.69) is 28.9 Å². The van der Waals surface area contributed by atoms with E-state index < -0.39 is 0 Å². The number of rotatable bonds is 5. The Bertz CT molecular complexity index is 511. The van der Waals surface area contributed by atoms with Gasteiger partial charge in [0.15, 0.2) is 5.82 Å². The molecule has 3 rings (SSSR count). The Balaban J connectivity index is 1.65. The third-order valence-electron chi connectivity index (χ3n) is 4.29. The predicted octanol–water partition coefficient (Wildman–Crippen LogP) is 1.42. The van der Waals surface area contributed by atoms with Crippen molar-refractivity contribution in [2.45, 2.75) is 50.9 Å². The molecule has 7 nitrogen and oxygen atoms in total. The summed E-state index contributed by atoms with van der Waals surface area (Å²) in [5, 5.41) is 4.01. The highest BCUT2D eigenvalue weighted by Crippen LogP contribution is 2.35. The van der Waals surface area contributed by atoms with Crippen LogP contribution in [0.1, 0.15) is 38.4 Å². The third kappa shape index (κ3) is 4.29. The molecule has 1 atom stereocenters. The Kier molecular flexibility index (Phi) is 5.01. The fourth-order valence-electron chi connectivity index (χ4n) is 3.64. The van der Waals surface area contributed by atoms with Gasteiger partial charge in [-0.1, -0.05) is 5.16 Å². The van der Waals surface area contributed by atoms with Crippen molar-refractivity contribution >= 4 is 0 Å². The summed E-state index contributed by atoms with van der Waals surface area (Å²) in [5.41, 5.74) is -0.420. The molecule has 7 heteroatoms. The normalized spacial score (nSPS) is 28.3. The highest BCUT2D eigenvalue weighted by molar-refractivity contribution is 4.97. The Morgan fingerprint density at radius 1 is 1.30 bits per heavy atom. The van der Waals surface area contributed by atoms with Crippen LogP contribution < -0.4 is 0 Å². The van der Waals surface area contributed by atoms with Crippen LogP contribution in [-0.2, 0) is 27.2 Å². The maximum absolute atomic E-state index is 6.38. The van der Waals surface area contributed by atoms with E-state index in [4.69, 9.17) is 18.7 Å². The summed E-state index contributed by atoms with van der Waals surface area (Å²) >= 11 is 0. The highest BCUT2D eigenvalue weighted by atomic mass is 16.6. The standard InChI is InChI=1S/C16H27N3O4/c1-15(2)10-19(11-16(23-15)6-4-7-21-12-16)9-14-17-13(18-22-14)5-8-20-3/h4-12H2,1-3H3. The quantitative estimate of drug-likeness (QED) is 0.811. The van der Waals surface area contributed by atoms with Crippen LogP contribution in [0.2, 0.25) is 0 Å². The van der Waals surface area contributed by atoms with Crippen LogP contribution in [0.3, 0.4) is 0 Å². The van der Waals surface area contributed by atoms with Gasteiger partial charge >= 0.3 is 0 Å². The summed E-state index contributed by atoms with van der Waals surface area (Å²) in [5.74, 6) is 1.35. The van der Waals surface area contributed by atoms with Crippen molar-refractivity contribution in [2.24, 2.45) is 0 Å². The van der Waals surface area contributed by atoms with Crippen LogP contribution in [0, 0.1) is 0 Å². The molecule has 1 aromatic rings. The summed E-state index contributed by atoms with van der Waals surface area (Å²) in [6.07, 6.45) is 2.76. The molecule has 1 unspecified atom stereocenters. The molecule has 0 bridgehead atoms. The molecule has 0 aromatic carbocycles. The molecule has 0 amide bonds. The molecule has 0 saturated carbocycles. The lowest BCUT2D eigenvalue weighted by molar-refractivity contribution is -0.234. The zero-order valence-electron chi connectivity index (χ0n) is 14.3. The van der Waals surface area contributed by atoms with E-state index >= 15 is 0 Å². The molecule has 2 saturated heterocycles. The van der Waals surface area contributed by atoms with Crippen molar-refractivity contribution in [3.05, 3.63) is 11.7 Å². The van der Waals surface area contributed by atoms with E-state index in [0.717, 1.165) is 32.5 Å². The molecule has 1 aromatic heterocycles. The average Bonchev–Trinajstić information content (AvgIpc) is 2.91. The molecule has 23 heavy (non-hydrogen) atoms. The van der Waals surface area contributed by atoms with Crippen LogP contribution in [0.4, 0.5) is 0 Å². The number of hydrogen-bond donors (Lipinski definition) is 0. The number of aromatic nitrogens is 2. The number of nitrogens with zero attached hydrogens (tertiary/aromatic N) is 3. The lowest BCUT2D eigenvalue weighted by Gasteiger charge is -2.51. The van der Waals surface area contributed by atoms with Crippen LogP contribution in [0.5, 0.6) is 0 Å². The molecule has 0 radical (unpaired) electrons. The fourth-order valence-corrected chi connectivity index (χ4v) is 3.64. The molecule has 130 valence electrons. The Morgan fingerprint density at radius 3 is 2.91 bits per heavy atom. The van der Waals surface area contributed by atoms with Gasteiger partial charge in [-0.05, 0) is 26.7 Å². The summed E-state index contributed by atoms with van der Waals surface area (Å²) in [4.78, 5) is 6.79. The van der Waals surface area contributed by atoms with Gasteiger partial charge in [0.1, 0.15) is 5.60 Å². The largest absolute Gasteiger partial charge is 0.384 e. The first-order valence-electron chi connectivity index (χ1n) is 8.31. The minimum absolute atomic E-state index is 0.209. The van der Waals surface area contributed by atoms with Crippen molar-refractivity contribution in [1.29, 1.82) is 0 Å². The summed E-state index contributed by atoms with van der Waals surface area (Å²) in [6, 6.07) is 0. The summed E-state index contributed by atoms with van der Waals surface area (Å²) in [7, 11) is 1.67. The fraction of sp³-hybridized carbons (Fsp3) is 0.875. The molecule has 2 fully saturated rings. The second-order valence-corrected chi connectivity index (χ2v) is 7.19. The van der Waals surface area contributed by atoms with Gasteiger partial charge < -0.3 is 18.7 Å². The monoisotopic (exact) mass is 325 g/mol. The van der Waals surface area contributed by atoms with Gasteiger partial charge in [0.2, 0.25) is 5.89 Å². The second kappa shape index (κ2) is 6.84. The van der Waals surface area contributed by atoms with Gasteiger partial charge in [-0.25, -0.2) is 0 Å². The first-order chi connectivity index (χ1) is 11.0. The zero-order chi connectivity index (χ0) is 16.3. The molecule has 2 aliphatic rings. The van der Waals surface area contributed by atoms with Gasteiger partial charge in [-0.2, -0.15) is 4.98 Å². The SMILES string of the molecule is COCCc1noc(CN2CC(C)(C)OC3(CCCOC3)C2)n1. The van der Waals surface area contributed by atoms with E-state index in [0.29, 0.717) is 37.9 Å². The molecule has 1 spiro atoms. The van der Waals surface area contributed by atoms with E-state index in [9.17, 15) is 0 Å². The molecular formula is C16H27N3O4. The molecular weight excluding hydrogens is 298 g/mol. The van der Waals surface area contributed by atoms with Crippen LogP contribution in [-0.4, -0.2) is 66.3 Å². The van der Waals surface area contributed by atoms with E-state index in [-0.39, 0.29) is 11.2 Å². The molecule has 2 aliphatic heterocycles. The summed E-state index contributed by atoms with van der Waals surface area (Å²) in [6.45, 7) is 8.68. The van der Waals surface area contributed by atoms with Crippen molar-refractivity contribution in [2.75, 3.05) is 40.0 Å². The first kappa shape index (κ1) is 16.8. The number of methoxy groups -OCH3 is 1. The number of hydrogen-bond acceptors (Lipinski definition) is 7. The van der Waals surface area contributed by atoms with Crippen molar-refractivity contribution in [1.82, 2.24) is 15.0 Å². The minimum Gasteiger partial charge on any atom is -0.384 e. The van der Waals surface area contributed by atoms with Gasteiger partial charge in [0.05, 0.1) is 25.4 Å². The number of ether oxygens (including phenoxy) is 3. The van der Waals surface area contributed by atoms with E-state index in [1.165, 1.54) is 0 Å². The smallest absolute Gasteiger partial charge is 0.240 e. The Hall–Kier alpha value is -1.02. The van der Waals surface area contributed by atoms with Crippen molar-refractivity contribution in [3.63, 3.8) is 0 Å². The highest BCUT2D eigenvalue weighted by Gasteiger charge is 2.45. The minimum atomic E-state index is -0.210. The first-order valence-corrected chi connectivity index (χ1v) is 8.31. The molecule has 0 aliphatic carbocycles. The van der Waals surface area contributed by atoms with Crippen LogP contribution in [0.25, 0.3) is 0 Å². The average molecular weight is 325 g/mol. The van der Waals surface area contributed by atoms with E-state index in [1.807, 2.05) is 0 Å². The zero-order valence-corrected chi connectivity index (χ0v) is 14.3. The molecule has 0 N–H and O–H groups in total. The maximum Gasteiger partial charge on any atom is 0.240 e.